The van der Waals surface area contributed by atoms with Gasteiger partial charge in [0.05, 0.1) is 23.6 Å². The first-order valence-electron chi connectivity index (χ1n) is 9.60. The van der Waals surface area contributed by atoms with Crippen LogP contribution in [0.4, 0.5) is 14.9 Å². The van der Waals surface area contributed by atoms with E-state index in [1.807, 2.05) is 0 Å². The van der Waals surface area contributed by atoms with Crippen LogP contribution in [0.25, 0.3) is 0 Å². The minimum atomic E-state index is -1.25. The fourth-order valence-corrected chi connectivity index (χ4v) is 3.33. The molecule has 2 heterocycles. The lowest BCUT2D eigenvalue weighted by molar-refractivity contribution is -0.119. The number of rotatable bonds is 4. The Labute approximate surface area is 177 Å². The number of para-hydroxylation sites is 1. The third-order valence-electron chi connectivity index (χ3n) is 4.84. The Hall–Kier alpha value is -4.01. The zero-order chi connectivity index (χ0) is 22.0. The number of aryl methyl sites for hydroxylation is 1. The van der Waals surface area contributed by atoms with E-state index in [0.29, 0.717) is 22.7 Å². The summed E-state index contributed by atoms with van der Waals surface area (Å²) in [7, 11) is 1.59. The zero-order valence-corrected chi connectivity index (χ0v) is 16.9. The van der Waals surface area contributed by atoms with Gasteiger partial charge < -0.3 is 20.1 Å². The van der Waals surface area contributed by atoms with Crippen molar-refractivity contribution in [2.45, 2.75) is 19.6 Å². The molecule has 0 saturated carbocycles. The Bertz CT molecular complexity index is 1170. The number of benzodiazepines with no additional fused rings is 1. The Morgan fingerprint density at radius 3 is 2.58 bits per heavy atom. The van der Waals surface area contributed by atoms with Crippen LogP contribution in [0.3, 0.4) is 0 Å². The molecule has 3 amide bonds. The van der Waals surface area contributed by atoms with Crippen LogP contribution in [0.15, 0.2) is 64.1 Å². The molecule has 2 N–H and O–H groups in total. The molecular weight excluding hydrogens is 401 g/mol. The molecule has 31 heavy (non-hydrogen) atoms. The number of likely N-dealkylation sites (N-methyl/N-ethyl adjacent to an activating group) is 1. The minimum absolute atomic E-state index is 0.0908. The van der Waals surface area contributed by atoms with Gasteiger partial charge in [0.1, 0.15) is 5.82 Å². The SMILES string of the molecule is Cc1cc(CNC(=O)NC2N=C(c3ccccc3F)c3ccccc3N(C)C2=O)on1. The highest BCUT2D eigenvalue weighted by Crippen LogP contribution is 2.27. The zero-order valence-electron chi connectivity index (χ0n) is 16.9. The highest BCUT2D eigenvalue weighted by Gasteiger charge is 2.31. The molecule has 1 aliphatic heterocycles. The summed E-state index contributed by atoms with van der Waals surface area (Å²) in [5.41, 5.74) is 2.36. The van der Waals surface area contributed by atoms with Crippen molar-refractivity contribution in [3.05, 3.63) is 83.0 Å². The number of urea groups is 1. The number of fused-ring (bicyclic) bond motifs is 1. The van der Waals surface area contributed by atoms with Gasteiger partial charge in [0.15, 0.2) is 5.76 Å². The fourth-order valence-electron chi connectivity index (χ4n) is 3.33. The first kappa shape index (κ1) is 20.3. The lowest BCUT2D eigenvalue weighted by atomic mass is 10.00. The topological polar surface area (TPSA) is 99.8 Å². The molecule has 0 aliphatic carbocycles. The van der Waals surface area contributed by atoms with Gasteiger partial charge >= 0.3 is 6.03 Å². The second-order valence-electron chi connectivity index (χ2n) is 7.04. The quantitative estimate of drug-likeness (QED) is 0.677. The summed E-state index contributed by atoms with van der Waals surface area (Å²) in [6.45, 7) is 1.86. The number of benzene rings is 2. The molecule has 0 fully saturated rings. The number of carbonyl (C=O) groups excluding carboxylic acids is 2. The molecule has 8 nitrogen and oxygen atoms in total. The Morgan fingerprint density at radius 1 is 1.16 bits per heavy atom. The van der Waals surface area contributed by atoms with Crippen molar-refractivity contribution in [2.24, 2.45) is 4.99 Å². The van der Waals surface area contributed by atoms with Gasteiger partial charge in [-0.2, -0.15) is 0 Å². The molecule has 1 unspecified atom stereocenters. The number of nitrogens with one attached hydrogen (secondary N) is 2. The van der Waals surface area contributed by atoms with Crippen LogP contribution in [0.5, 0.6) is 0 Å². The predicted molar refractivity (Wildman–Crippen MR) is 112 cm³/mol. The molecule has 0 bridgehead atoms. The second kappa shape index (κ2) is 8.39. The van der Waals surface area contributed by atoms with Crippen molar-refractivity contribution in [2.75, 3.05) is 11.9 Å². The lowest BCUT2D eigenvalue weighted by Crippen LogP contribution is -2.49. The van der Waals surface area contributed by atoms with Crippen LogP contribution in [-0.2, 0) is 11.3 Å². The first-order chi connectivity index (χ1) is 14.9. The second-order valence-corrected chi connectivity index (χ2v) is 7.04. The summed E-state index contributed by atoms with van der Waals surface area (Å²) in [4.78, 5) is 31.3. The number of nitrogens with zero attached hydrogens (tertiary/aromatic N) is 3. The van der Waals surface area contributed by atoms with Gasteiger partial charge in [0.2, 0.25) is 6.17 Å². The molecule has 9 heteroatoms. The van der Waals surface area contributed by atoms with Crippen molar-refractivity contribution in [3.63, 3.8) is 0 Å². The van der Waals surface area contributed by atoms with E-state index in [-0.39, 0.29) is 17.8 Å². The largest absolute Gasteiger partial charge is 0.359 e. The number of anilines is 1. The van der Waals surface area contributed by atoms with E-state index in [1.54, 1.807) is 62.5 Å². The molecule has 4 rings (SSSR count). The standard InChI is InChI=1S/C22H20FN5O3/c1-13-11-14(31-27-13)12-24-22(30)26-20-21(29)28(2)18-10-6-4-8-16(18)19(25-20)15-7-3-5-9-17(15)23/h3-11,20H,12H2,1-2H3,(H2,24,26,30). The maximum Gasteiger partial charge on any atom is 0.317 e. The minimum Gasteiger partial charge on any atom is -0.359 e. The van der Waals surface area contributed by atoms with E-state index in [0.717, 1.165) is 0 Å². The molecule has 1 aliphatic rings. The highest BCUT2D eigenvalue weighted by atomic mass is 19.1. The Morgan fingerprint density at radius 2 is 1.87 bits per heavy atom. The van der Waals surface area contributed by atoms with Crippen LogP contribution in [0.2, 0.25) is 0 Å². The molecular formula is C22H20FN5O3. The van der Waals surface area contributed by atoms with E-state index >= 15 is 0 Å². The number of amides is 3. The van der Waals surface area contributed by atoms with Crippen molar-refractivity contribution in [1.29, 1.82) is 0 Å². The molecule has 1 atom stereocenters. The van der Waals surface area contributed by atoms with Crippen LogP contribution in [-0.4, -0.2) is 36.0 Å². The molecule has 0 spiro atoms. The maximum absolute atomic E-state index is 14.6. The summed E-state index contributed by atoms with van der Waals surface area (Å²) in [5.74, 6) is -0.457. The van der Waals surface area contributed by atoms with Crippen LogP contribution in [0.1, 0.15) is 22.6 Å². The van der Waals surface area contributed by atoms with Crippen molar-refractivity contribution >= 4 is 23.3 Å². The third-order valence-corrected chi connectivity index (χ3v) is 4.84. The van der Waals surface area contributed by atoms with E-state index in [9.17, 15) is 14.0 Å². The normalized spacial score (nSPS) is 15.7. The van der Waals surface area contributed by atoms with Gasteiger partial charge in [-0.25, -0.2) is 14.2 Å². The molecule has 3 aromatic rings. The van der Waals surface area contributed by atoms with E-state index in [4.69, 9.17) is 4.52 Å². The summed E-state index contributed by atoms with van der Waals surface area (Å²) in [6.07, 6.45) is -1.25. The van der Waals surface area contributed by atoms with E-state index in [1.165, 1.54) is 11.0 Å². The van der Waals surface area contributed by atoms with Gasteiger partial charge in [-0.05, 0) is 25.1 Å². The number of carbonyl (C=O) groups is 2. The summed E-state index contributed by atoms with van der Waals surface area (Å²) in [5, 5.41) is 8.92. The summed E-state index contributed by atoms with van der Waals surface area (Å²) >= 11 is 0. The lowest BCUT2D eigenvalue weighted by Gasteiger charge is -2.20. The van der Waals surface area contributed by atoms with Crippen LogP contribution in [0, 0.1) is 12.7 Å². The molecule has 158 valence electrons. The van der Waals surface area contributed by atoms with Crippen molar-refractivity contribution in [3.8, 4) is 0 Å². The third kappa shape index (κ3) is 4.16. The molecule has 0 radical (unpaired) electrons. The smallest absolute Gasteiger partial charge is 0.317 e. The average molecular weight is 421 g/mol. The number of halogens is 1. The van der Waals surface area contributed by atoms with Gasteiger partial charge in [-0.3, -0.25) is 4.79 Å². The van der Waals surface area contributed by atoms with Crippen LogP contribution >= 0.6 is 0 Å². The fraction of sp³-hybridized carbons (Fsp3) is 0.182. The van der Waals surface area contributed by atoms with Gasteiger partial charge in [0.25, 0.3) is 5.91 Å². The average Bonchev–Trinajstić information content (AvgIpc) is 3.16. The Balaban J connectivity index is 1.65. The molecule has 0 saturated heterocycles. The van der Waals surface area contributed by atoms with Gasteiger partial charge in [-0.15, -0.1) is 0 Å². The predicted octanol–water partition coefficient (Wildman–Crippen LogP) is 2.76. The van der Waals surface area contributed by atoms with Crippen molar-refractivity contribution in [1.82, 2.24) is 15.8 Å². The van der Waals surface area contributed by atoms with Gasteiger partial charge in [-0.1, -0.05) is 35.5 Å². The highest BCUT2D eigenvalue weighted by molar-refractivity contribution is 6.20. The Kier molecular flexibility index (Phi) is 5.48. The number of aromatic nitrogens is 1. The summed E-state index contributed by atoms with van der Waals surface area (Å²) in [6, 6.07) is 14.3. The van der Waals surface area contributed by atoms with E-state index < -0.39 is 23.9 Å². The van der Waals surface area contributed by atoms with Crippen molar-refractivity contribution < 1.29 is 18.5 Å². The number of hydrogen-bond donors (Lipinski definition) is 2. The molecule has 2 aromatic carbocycles. The first-order valence-corrected chi connectivity index (χ1v) is 9.60. The maximum atomic E-state index is 14.6. The monoisotopic (exact) mass is 421 g/mol. The molecule has 1 aromatic heterocycles. The summed E-state index contributed by atoms with van der Waals surface area (Å²) < 4.78 is 19.7. The number of hydrogen-bond acceptors (Lipinski definition) is 5. The van der Waals surface area contributed by atoms with E-state index in [2.05, 4.69) is 20.8 Å². The van der Waals surface area contributed by atoms with Gasteiger partial charge in [0, 0.05) is 24.2 Å². The van der Waals surface area contributed by atoms with Crippen LogP contribution < -0.4 is 15.5 Å². The number of aliphatic imine (C=N–C) groups is 1.